The number of hydrogen-bond acceptors (Lipinski definition) is 4. The third-order valence-electron chi connectivity index (χ3n) is 3.70. The maximum absolute atomic E-state index is 12.9. The van der Waals surface area contributed by atoms with Crippen LogP contribution in [-0.4, -0.2) is 19.2 Å². The van der Waals surface area contributed by atoms with Crippen molar-refractivity contribution >= 4 is 23.4 Å². The standard InChI is InChI=1S/C21H17NO4/c1-25-20(23)18-14-8-9-15-19(18)26-21(24)22(16-10-4-2-5-11-16)17-12-6-3-7-13-17/h2-15H,1H3. The van der Waals surface area contributed by atoms with Crippen LogP contribution in [0.3, 0.4) is 0 Å². The monoisotopic (exact) mass is 347 g/mol. The number of esters is 1. The molecule has 0 saturated heterocycles. The number of anilines is 2. The third-order valence-corrected chi connectivity index (χ3v) is 3.70. The molecule has 3 aromatic carbocycles. The maximum Gasteiger partial charge on any atom is 0.424 e. The lowest BCUT2D eigenvalue weighted by atomic mass is 10.2. The van der Waals surface area contributed by atoms with Crippen LogP contribution in [0.15, 0.2) is 84.9 Å². The SMILES string of the molecule is COC(=O)c1ccccc1OC(=O)N(c1ccccc1)c1ccccc1. The highest BCUT2D eigenvalue weighted by Gasteiger charge is 2.22. The van der Waals surface area contributed by atoms with Crippen molar-refractivity contribution in [3.63, 3.8) is 0 Å². The fourth-order valence-corrected chi connectivity index (χ4v) is 2.49. The highest BCUT2D eigenvalue weighted by atomic mass is 16.6. The lowest BCUT2D eigenvalue weighted by Gasteiger charge is -2.22. The van der Waals surface area contributed by atoms with Crippen molar-refractivity contribution in [1.82, 2.24) is 0 Å². The molecule has 0 bridgehead atoms. The lowest BCUT2D eigenvalue weighted by molar-refractivity contribution is 0.0598. The quantitative estimate of drug-likeness (QED) is 0.636. The van der Waals surface area contributed by atoms with Gasteiger partial charge in [0.25, 0.3) is 0 Å². The van der Waals surface area contributed by atoms with Gasteiger partial charge < -0.3 is 9.47 Å². The second-order valence-electron chi connectivity index (χ2n) is 5.36. The summed E-state index contributed by atoms with van der Waals surface area (Å²) < 4.78 is 10.3. The number of methoxy groups -OCH3 is 1. The van der Waals surface area contributed by atoms with Crippen molar-refractivity contribution in [2.45, 2.75) is 0 Å². The molecule has 3 aromatic rings. The number of para-hydroxylation sites is 3. The maximum atomic E-state index is 12.9. The average molecular weight is 347 g/mol. The van der Waals surface area contributed by atoms with Crippen LogP contribution >= 0.6 is 0 Å². The smallest absolute Gasteiger partial charge is 0.424 e. The van der Waals surface area contributed by atoms with Crippen LogP contribution in [0.4, 0.5) is 16.2 Å². The molecule has 0 N–H and O–H groups in total. The molecule has 3 rings (SSSR count). The van der Waals surface area contributed by atoms with Crippen LogP contribution < -0.4 is 9.64 Å². The van der Waals surface area contributed by atoms with Crippen molar-refractivity contribution in [1.29, 1.82) is 0 Å². The largest absolute Gasteiger partial charge is 0.465 e. The Morgan fingerprint density at radius 2 is 1.23 bits per heavy atom. The van der Waals surface area contributed by atoms with E-state index in [4.69, 9.17) is 9.47 Å². The summed E-state index contributed by atoms with van der Waals surface area (Å²) >= 11 is 0. The van der Waals surface area contributed by atoms with E-state index in [2.05, 4.69) is 0 Å². The molecule has 0 aromatic heterocycles. The molecule has 0 aliphatic carbocycles. The molecule has 0 fully saturated rings. The molecule has 0 heterocycles. The summed E-state index contributed by atoms with van der Waals surface area (Å²) in [6.07, 6.45) is -0.626. The van der Waals surface area contributed by atoms with E-state index in [9.17, 15) is 9.59 Å². The van der Waals surface area contributed by atoms with Gasteiger partial charge in [0, 0.05) is 0 Å². The van der Waals surface area contributed by atoms with E-state index in [1.54, 1.807) is 48.5 Å². The van der Waals surface area contributed by atoms with Crippen LogP contribution in [0.25, 0.3) is 0 Å². The van der Waals surface area contributed by atoms with Gasteiger partial charge in [-0.1, -0.05) is 48.5 Å². The Labute approximate surface area is 151 Å². The van der Waals surface area contributed by atoms with E-state index in [-0.39, 0.29) is 11.3 Å². The predicted octanol–water partition coefficient (Wildman–Crippen LogP) is 4.81. The van der Waals surface area contributed by atoms with E-state index in [1.807, 2.05) is 36.4 Å². The molecule has 0 saturated carbocycles. The topological polar surface area (TPSA) is 55.8 Å². The van der Waals surface area contributed by atoms with Gasteiger partial charge in [-0.2, -0.15) is 0 Å². The first-order valence-corrected chi connectivity index (χ1v) is 8.00. The number of carbonyl (C=O) groups excluding carboxylic acids is 2. The number of nitrogens with zero attached hydrogens (tertiary/aromatic N) is 1. The number of amides is 1. The molecule has 1 amide bonds. The lowest BCUT2D eigenvalue weighted by Crippen LogP contribution is -2.29. The van der Waals surface area contributed by atoms with Gasteiger partial charge in [-0.25, -0.2) is 14.5 Å². The summed E-state index contributed by atoms with van der Waals surface area (Å²) in [6.45, 7) is 0. The highest BCUT2D eigenvalue weighted by molar-refractivity contribution is 5.99. The zero-order valence-electron chi connectivity index (χ0n) is 14.2. The Kier molecular flexibility index (Phi) is 5.29. The van der Waals surface area contributed by atoms with Gasteiger partial charge in [0.15, 0.2) is 0 Å². The van der Waals surface area contributed by atoms with Gasteiger partial charge in [0.05, 0.1) is 18.5 Å². The van der Waals surface area contributed by atoms with Crippen LogP contribution in [0.2, 0.25) is 0 Å². The minimum absolute atomic E-state index is 0.140. The number of carbonyl (C=O) groups is 2. The van der Waals surface area contributed by atoms with E-state index in [0.29, 0.717) is 11.4 Å². The second-order valence-corrected chi connectivity index (χ2v) is 5.36. The molecule has 0 atom stereocenters. The Bertz CT molecular complexity index is 855. The van der Waals surface area contributed by atoms with Gasteiger partial charge in [-0.15, -0.1) is 0 Å². The van der Waals surface area contributed by atoms with Crippen molar-refractivity contribution in [2.75, 3.05) is 12.0 Å². The van der Waals surface area contributed by atoms with Crippen LogP contribution in [0.1, 0.15) is 10.4 Å². The molecule has 5 nitrogen and oxygen atoms in total. The van der Waals surface area contributed by atoms with Crippen molar-refractivity contribution in [3.05, 3.63) is 90.5 Å². The first-order chi connectivity index (χ1) is 12.7. The molecular weight excluding hydrogens is 330 g/mol. The summed E-state index contributed by atoms with van der Waals surface area (Å²) in [5.74, 6) is -0.430. The summed E-state index contributed by atoms with van der Waals surface area (Å²) in [7, 11) is 1.28. The third kappa shape index (κ3) is 3.72. The molecule has 0 spiro atoms. The van der Waals surface area contributed by atoms with Crippen LogP contribution in [-0.2, 0) is 4.74 Å². The molecule has 130 valence electrons. The van der Waals surface area contributed by atoms with Crippen LogP contribution in [0.5, 0.6) is 5.75 Å². The normalized spacial score (nSPS) is 10.0. The van der Waals surface area contributed by atoms with E-state index < -0.39 is 12.1 Å². The summed E-state index contributed by atoms with van der Waals surface area (Å²) in [4.78, 5) is 26.3. The summed E-state index contributed by atoms with van der Waals surface area (Å²) in [6, 6.07) is 24.8. The van der Waals surface area contributed by atoms with Gasteiger partial charge in [0.1, 0.15) is 11.3 Å². The first kappa shape index (κ1) is 17.2. The molecule has 26 heavy (non-hydrogen) atoms. The summed E-state index contributed by atoms with van der Waals surface area (Å²) in [5.41, 5.74) is 1.49. The molecular formula is C21H17NO4. The molecule has 0 aliphatic rings. The molecule has 0 unspecified atom stereocenters. The number of ether oxygens (including phenoxy) is 2. The van der Waals surface area contributed by atoms with Gasteiger partial charge >= 0.3 is 12.1 Å². The minimum Gasteiger partial charge on any atom is -0.465 e. The van der Waals surface area contributed by atoms with E-state index in [0.717, 1.165) is 0 Å². The fourth-order valence-electron chi connectivity index (χ4n) is 2.49. The Morgan fingerprint density at radius 3 is 1.77 bits per heavy atom. The van der Waals surface area contributed by atoms with Gasteiger partial charge in [-0.05, 0) is 36.4 Å². The Balaban J connectivity index is 1.96. The molecule has 0 aliphatic heterocycles. The predicted molar refractivity (Wildman–Crippen MR) is 98.8 cm³/mol. The number of benzene rings is 3. The molecule has 5 heteroatoms. The van der Waals surface area contributed by atoms with Gasteiger partial charge in [0.2, 0.25) is 0 Å². The minimum atomic E-state index is -0.626. The van der Waals surface area contributed by atoms with E-state index in [1.165, 1.54) is 12.0 Å². The second kappa shape index (κ2) is 7.98. The van der Waals surface area contributed by atoms with Crippen molar-refractivity contribution in [3.8, 4) is 5.75 Å². The highest BCUT2D eigenvalue weighted by Crippen LogP contribution is 2.27. The first-order valence-electron chi connectivity index (χ1n) is 8.00. The summed E-state index contributed by atoms with van der Waals surface area (Å²) in [5, 5.41) is 0. The Hall–Kier alpha value is -3.60. The zero-order valence-corrected chi connectivity index (χ0v) is 14.2. The van der Waals surface area contributed by atoms with Crippen LogP contribution in [0, 0.1) is 0 Å². The fraction of sp³-hybridized carbons (Fsp3) is 0.0476. The van der Waals surface area contributed by atoms with E-state index >= 15 is 0 Å². The van der Waals surface area contributed by atoms with Crippen molar-refractivity contribution < 1.29 is 19.1 Å². The van der Waals surface area contributed by atoms with Crippen molar-refractivity contribution in [2.24, 2.45) is 0 Å². The zero-order chi connectivity index (χ0) is 18.4. The average Bonchev–Trinajstić information content (AvgIpc) is 2.69. The Morgan fingerprint density at radius 1 is 0.731 bits per heavy atom. The number of hydrogen-bond donors (Lipinski definition) is 0. The molecule has 0 radical (unpaired) electrons. The number of rotatable bonds is 4. The van der Waals surface area contributed by atoms with Gasteiger partial charge in [-0.3, -0.25) is 0 Å².